The van der Waals surface area contributed by atoms with Gasteiger partial charge in [-0.25, -0.2) is 9.97 Å². The molecule has 3 aromatic heterocycles. The highest BCUT2D eigenvalue weighted by Crippen LogP contribution is 2.32. The molecular formula is C23H22N4O2S. The highest BCUT2D eigenvalue weighted by atomic mass is 32.1. The molecule has 1 saturated heterocycles. The normalized spacial score (nSPS) is 17.9. The maximum Gasteiger partial charge on any atom is 0.162 e. The van der Waals surface area contributed by atoms with Crippen LogP contribution in [0.2, 0.25) is 0 Å². The van der Waals surface area contributed by atoms with Crippen LogP contribution in [0.3, 0.4) is 0 Å². The van der Waals surface area contributed by atoms with Crippen molar-refractivity contribution in [2.24, 2.45) is 0 Å². The number of aromatic nitrogens is 3. The summed E-state index contributed by atoms with van der Waals surface area (Å²) >= 11 is 1.58. The minimum Gasteiger partial charge on any atom is -0.387 e. The fourth-order valence-electron chi connectivity index (χ4n) is 3.89. The van der Waals surface area contributed by atoms with Gasteiger partial charge in [-0.2, -0.15) is 0 Å². The van der Waals surface area contributed by atoms with E-state index in [-0.39, 0.29) is 6.04 Å². The van der Waals surface area contributed by atoms with Gasteiger partial charge < -0.3 is 14.7 Å². The number of para-hydroxylation sites is 1. The number of benzene rings is 1. The molecule has 2 unspecified atom stereocenters. The number of ether oxygens (including phenoxy) is 1. The number of aliphatic hydroxyl groups excluding tert-OH is 1. The molecule has 6 nitrogen and oxygen atoms in total. The number of rotatable bonds is 5. The van der Waals surface area contributed by atoms with E-state index in [0.717, 1.165) is 33.7 Å². The van der Waals surface area contributed by atoms with Crippen LogP contribution >= 0.6 is 11.3 Å². The Bertz CT molecular complexity index is 1120. The third kappa shape index (κ3) is 3.79. The summed E-state index contributed by atoms with van der Waals surface area (Å²) in [7, 11) is 0. The third-order valence-corrected chi connectivity index (χ3v) is 6.36. The van der Waals surface area contributed by atoms with E-state index in [2.05, 4.69) is 16.0 Å². The average molecular weight is 419 g/mol. The molecule has 0 aliphatic carbocycles. The molecule has 4 heterocycles. The molecule has 2 atom stereocenters. The highest BCUT2D eigenvalue weighted by molar-refractivity contribution is 7.10. The van der Waals surface area contributed by atoms with Crippen molar-refractivity contribution in [2.75, 3.05) is 24.7 Å². The molecule has 1 aromatic carbocycles. The van der Waals surface area contributed by atoms with Gasteiger partial charge in [-0.15, -0.1) is 11.3 Å². The van der Waals surface area contributed by atoms with Crippen molar-refractivity contribution < 1.29 is 9.84 Å². The molecule has 0 saturated carbocycles. The summed E-state index contributed by atoms with van der Waals surface area (Å²) in [6.07, 6.45) is 3.57. The topological polar surface area (TPSA) is 71.4 Å². The fourth-order valence-corrected chi connectivity index (χ4v) is 4.62. The number of pyridine rings is 1. The number of thiophene rings is 1. The van der Waals surface area contributed by atoms with E-state index in [1.54, 1.807) is 23.7 Å². The lowest BCUT2D eigenvalue weighted by molar-refractivity contribution is 0.0686. The van der Waals surface area contributed by atoms with Gasteiger partial charge in [0.25, 0.3) is 0 Å². The van der Waals surface area contributed by atoms with Crippen LogP contribution in [0.15, 0.2) is 66.3 Å². The fraction of sp³-hybridized carbons (Fsp3) is 0.261. The molecule has 0 spiro atoms. The molecule has 1 N–H and O–H groups in total. The van der Waals surface area contributed by atoms with E-state index in [1.165, 1.54) is 0 Å². The van der Waals surface area contributed by atoms with E-state index in [0.29, 0.717) is 25.5 Å². The van der Waals surface area contributed by atoms with Gasteiger partial charge in [-0.1, -0.05) is 18.2 Å². The molecule has 0 amide bonds. The SMILES string of the molecule is OC(CC1COCCN1c1nc(-c2ccncc2)nc2ccccc12)c1cccs1. The molecule has 7 heteroatoms. The molecule has 1 fully saturated rings. The van der Waals surface area contributed by atoms with Gasteiger partial charge in [0.15, 0.2) is 5.82 Å². The molecule has 0 bridgehead atoms. The van der Waals surface area contributed by atoms with Crippen LogP contribution in [-0.2, 0) is 4.74 Å². The lowest BCUT2D eigenvalue weighted by Gasteiger charge is -2.38. The quantitative estimate of drug-likeness (QED) is 0.527. The van der Waals surface area contributed by atoms with Crippen molar-refractivity contribution in [3.63, 3.8) is 0 Å². The highest BCUT2D eigenvalue weighted by Gasteiger charge is 2.29. The van der Waals surface area contributed by atoms with E-state index in [4.69, 9.17) is 14.7 Å². The Morgan fingerprint density at radius 2 is 1.97 bits per heavy atom. The van der Waals surface area contributed by atoms with Crippen molar-refractivity contribution in [3.05, 3.63) is 71.2 Å². The van der Waals surface area contributed by atoms with Crippen LogP contribution in [0.1, 0.15) is 17.4 Å². The Morgan fingerprint density at radius 3 is 2.80 bits per heavy atom. The molecular weight excluding hydrogens is 396 g/mol. The minimum absolute atomic E-state index is 0.0273. The van der Waals surface area contributed by atoms with Gasteiger partial charge in [0.05, 0.1) is 30.9 Å². The molecule has 152 valence electrons. The second-order valence-electron chi connectivity index (χ2n) is 7.31. The molecule has 5 rings (SSSR count). The van der Waals surface area contributed by atoms with Crippen molar-refractivity contribution in [1.29, 1.82) is 0 Å². The monoisotopic (exact) mass is 418 g/mol. The number of fused-ring (bicyclic) bond motifs is 1. The van der Waals surface area contributed by atoms with Crippen LogP contribution in [-0.4, -0.2) is 45.9 Å². The standard InChI is InChI=1S/C23H22N4O2S/c28-20(21-6-3-13-30-21)14-17-15-29-12-11-27(17)23-18-4-1-2-5-19(18)25-22(26-23)16-7-9-24-10-8-16/h1-10,13,17,20,28H,11-12,14-15H2. The summed E-state index contributed by atoms with van der Waals surface area (Å²) in [5, 5.41) is 13.8. The van der Waals surface area contributed by atoms with Crippen LogP contribution in [0, 0.1) is 0 Å². The zero-order valence-corrected chi connectivity index (χ0v) is 17.2. The molecule has 1 aliphatic rings. The molecule has 0 radical (unpaired) electrons. The minimum atomic E-state index is -0.521. The van der Waals surface area contributed by atoms with E-state index < -0.39 is 6.10 Å². The van der Waals surface area contributed by atoms with Gasteiger partial charge in [0.1, 0.15) is 5.82 Å². The zero-order valence-electron chi connectivity index (χ0n) is 16.4. The number of nitrogens with zero attached hydrogens (tertiary/aromatic N) is 4. The Labute approximate surface area is 178 Å². The molecule has 4 aromatic rings. The van der Waals surface area contributed by atoms with Crippen molar-refractivity contribution in [2.45, 2.75) is 18.6 Å². The molecule has 30 heavy (non-hydrogen) atoms. The lowest BCUT2D eigenvalue weighted by Crippen LogP contribution is -2.46. The van der Waals surface area contributed by atoms with Gasteiger partial charge in [0, 0.05) is 41.2 Å². The average Bonchev–Trinajstić information content (AvgIpc) is 3.35. The summed E-state index contributed by atoms with van der Waals surface area (Å²) in [5.74, 6) is 1.56. The summed E-state index contributed by atoms with van der Waals surface area (Å²) in [6.45, 7) is 1.92. The summed E-state index contributed by atoms with van der Waals surface area (Å²) < 4.78 is 5.78. The Morgan fingerprint density at radius 1 is 1.10 bits per heavy atom. The predicted molar refractivity (Wildman–Crippen MR) is 119 cm³/mol. The van der Waals surface area contributed by atoms with Gasteiger partial charge in [0.2, 0.25) is 0 Å². The Balaban J connectivity index is 1.55. The van der Waals surface area contributed by atoms with E-state index >= 15 is 0 Å². The first-order chi connectivity index (χ1) is 14.8. The third-order valence-electron chi connectivity index (χ3n) is 5.39. The van der Waals surface area contributed by atoms with Gasteiger partial charge in [-0.05, 0) is 35.7 Å². The number of aliphatic hydroxyl groups is 1. The second-order valence-corrected chi connectivity index (χ2v) is 8.29. The van der Waals surface area contributed by atoms with Gasteiger partial charge in [-0.3, -0.25) is 4.98 Å². The first-order valence-corrected chi connectivity index (χ1v) is 10.9. The Hall–Kier alpha value is -2.87. The van der Waals surface area contributed by atoms with Crippen LogP contribution in [0.4, 0.5) is 5.82 Å². The van der Waals surface area contributed by atoms with E-state index in [9.17, 15) is 5.11 Å². The van der Waals surface area contributed by atoms with E-state index in [1.807, 2.05) is 47.8 Å². The van der Waals surface area contributed by atoms with Gasteiger partial charge >= 0.3 is 0 Å². The number of hydrogen-bond donors (Lipinski definition) is 1. The summed E-state index contributed by atoms with van der Waals surface area (Å²) in [6, 6.07) is 15.9. The maximum atomic E-state index is 10.8. The second kappa shape index (κ2) is 8.47. The number of morpholine rings is 1. The zero-order chi connectivity index (χ0) is 20.3. The van der Waals surface area contributed by atoms with Crippen molar-refractivity contribution in [3.8, 4) is 11.4 Å². The summed E-state index contributed by atoms with van der Waals surface area (Å²) in [4.78, 5) is 17.1. The van der Waals surface area contributed by atoms with Crippen LogP contribution < -0.4 is 4.90 Å². The van der Waals surface area contributed by atoms with Crippen molar-refractivity contribution >= 4 is 28.1 Å². The number of hydrogen-bond acceptors (Lipinski definition) is 7. The summed E-state index contributed by atoms with van der Waals surface area (Å²) in [5.41, 5.74) is 1.83. The first-order valence-electron chi connectivity index (χ1n) is 10.0. The largest absolute Gasteiger partial charge is 0.387 e. The first kappa shape index (κ1) is 19.1. The predicted octanol–water partition coefficient (Wildman–Crippen LogP) is 4.08. The van der Waals surface area contributed by atoms with Crippen LogP contribution in [0.25, 0.3) is 22.3 Å². The maximum absolute atomic E-state index is 10.8. The molecule has 1 aliphatic heterocycles. The Kier molecular flexibility index (Phi) is 5.40. The smallest absolute Gasteiger partial charge is 0.162 e. The van der Waals surface area contributed by atoms with Crippen LogP contribution in [0.5, 0.6) is 0 Å². The van der Waals surface area contributed by atoms with Crippen molar-refractivity contribution in [1.82, 2.24) is 15.0 Å². The lowest BCUT2D eigenvalue weighted by atomic mass is 10.0. The number of anilines is 1.